The summed E-state index contributed by atoms with van der Waals surface area (Å²) in [5, 5.41) is 29.6. The van der Waals surface area contributed by atoms with E-state index >= 15 is 0 Å². The molecule has 1 aliphatic rings. The lowest BCUT2D eigenvalue weighted by Gasteiger charge is -2.31. The molecule has 2 aromatic rings. The van der Waals surface area contributed by atoms with Gasteiger partial charge in [0.15, 0.2) is 5.72 Å². The standard InChI is InChI=1S/C22H30N2O4/c1-22(24,13-12-14-2-6-16(25)7-3-14)28-19-11-10-18(21(27)20(19)23)15-4-8-17(26)9-5-15/h4-5,8-11,14,16,25-27H,2-3,6-7,12-13,23-24H2,1H3. The van der Waals surface area contributed by atoms with Crippen LogP contribution in [0.3, 0.4) is 0 Å². The van der Waals surface area contributed by atoms with Crippen LogP contribution in [0.25, 0.3) is 11.1 Å². The molecule has 1 unspecified atom stereocenters. The zero-order valence-corrected chi connectivity index (χ0v) is 16.3. The van der Waals surface area contributed by atoms with E-state index in [4.69, 9.17) is 16.2 Å². The van der Waals surface area contributed by atoms with E-state index < -0.39 is 5.72 Å². The number of aliphatic hydroxyl groups excluding tert-OH is 1. The lowest BCUT2D eigenvalue weighted by molar-refractivity contribution is 0.0654. The van der Waals surface area contributed by atoms with Gasteiger partial charge in [0.05, 0.1) is 6.10 Å². The second-order valence-electron chi connectivity index (χ2n) is 8.05. The summed E-state index contributed by atoms with van der Waals surface area (Å²) in [4.78, 5) is 0. The van der Waals surface area contributed by atoms with E-state index in [1.165, 1.54) is 0 Å². The lowest BCUT2D eigenvalue weighted by Crippen LogP contribution is -2.43. The van der Waals surface area contributed by atoms with Crippen LogP contribution in [0, 0.1) is 5.92 Å². The van der Waals surface area contributed by atoms with Gasteiger partial charge in [0, 0.05) is 12.0 Å². The molecule has 0 heterocycles. The Labute approximate surface area is 165 Å². The number of ether oxygens (including phenoxy) is 1. The number of hydrogen-bond donors (Lipinski definition) is 5. The molecule has 6 heteroatoms. The van der Waals surface area contributed by atoms with E-state index in [1.807, 2.05) is 6.92 Å². The van der Waals surface area contributed by atoms with Gasteiger partial charge in [0.2, 0.25) is 0 Å². The lowest BCUT2D eigenvalue weighted by atomic mass is 9.83. The number of hydrogen-bond acceptors (Lipinski definition) is 6. The van der Waals surface area contributed by atoms with Gasteiger partial charge in [0.25, 0.3) is 0 Å². The Kier molecular flexibility index (Phi) is 6.01. The van der Waals surface area contributed by atoms with Crippen molar-refractivity contribution < 1.29 is 20.1 Å². The first-order valence-electron chi connectivity index (χ1n) is 9.82. The van der Waals surface area contributed by atoms with Crippen molar-refractivity contribution in [1.82, 2.24) is 0 Å². The third-order valence-electron chi connectivity index (χ3n) is 5.56. The first-order valence-corrected chi connectivity index (χ1v) is 9.82. The molecule has 1 fully saturated rings. The van der Waals surface area contributed by atoms with Gasteiger partial charge in [-0.2, -0.15) is 0 Å². The average Bonchev–Trinajstić information content (AvgIpc) is 2.66. The van der Waals surface area contributed by atoms with Crippen LogP contribution in [0.1, 0.15) is 45.4 Å². The molecule has 28 heavy (non-hydrogen) atoms. The summed E-state index contributed by atoms with van der Waals surface area (Å²) in [6.45, 7) is 1.81. The van der Waals surface area contributed by atoms with Gasteiger partial charge in [-0.15, -0.1) is 0 Å². The highest BCUT2D eigenvalue weighted by molar-refractivity contribution is 5.80. The summed E-state index contributed by atoms with van der Waals surface area (Å²) in [6.07, 6.45) is 5.17. The van der Waals surface area contributed by atoms with E-state index in [0.717, 1.165) is 37.7 Å². The van der Waals surface area contributed by atoms with Gasteiger partial charge in [-0.05, 0) is 74.8 Å². The average molecular weight is 386 g/mol. The number of rotatable bonds is 6. The third kappa shape index (κ3) is 4.88. The van der Waals surface area contributed by atoms with Gasteiger partial charge in [-0.3, -0.25) is 5.73 Å². The Hall–Kier alpha value is -2.44. The number of aliphatic hydroxyl groups is 1. The maximum absolute atomic E-state index is 10.5. The molecular formula is C22H30N2O4. The normalized spacial score (nSPS) is 21.8. The summed E-state index contributed by atoms with van der Waals surface area (Å²) >= 11 is 0. The maximum atomic E-state index is 10.5. The summed E-state index contributed by atoms with van der Waals surface area (Å²) in [7, 11) is 0. The van der Waals surface area contributed by atoms with Gasteiger partial charge in [0.1, 0.15) is 22.9 Å². The Morgan fingerprint density at radius 2 is 1.68 bits per heavy atom. The largest absolute Gasteiger partial charge is 0.508 e. The van der Waals surface area contributed by atoms with Crippen LogP contribution >= 0.6 is 0 Å². The molecule has 1 atom stereocenters. The molecule has 0 spiro atoms. The van der Waals surface area contributed by atoms with Gasteiger partial charge >= 0.3 is 0 Å². The second kappa shape index (κ2) is 8.29. The second-order valence-corrected chi connectivity index (χ2v) is 8.05. The summed E-state index contributed by atoms with van der Waals surface area (Å²) in [5.74, 6) is 0.990. The molecular weight excluding hydrogens is 356 g/mol. The van der Waals surface area contributed by atoms with Crippen molar-refractivity contribution in [2.75, 3.05) is 5.73 Å². The Bertz CT molecular complexity index is 797. The van der Waals surface area contributed by atoms with E-state index in [9.17, 15) is 15.3 Å². The van der Waals surface area contributed by atoms with Crippen molar-refractivity contribution in [3.8, 4) is 28.4 Å². The van der Waals surface area contributed by atoms with Crippen molar-refractivity contribution in [3.05, 3.63) is 36.4 Å². The highest BCUT2D eigenvalue weighted by Gasteiger charge is 2.26. The SMILES string of the molecule is CC(N)(CCC1CCC(O)CC1)Oc1ccc(-c2ccc(O)cc2)c(O)c1N. The number of nitrogen functional groups attached to an aromatic ring is 1. The van der Waals surface area contributed by atoms with Crippen molar-refractivity contribution in [3.63, 3.8) is 0 Å². The molecule has 0 amide bonds. The number of phenols is 2. The van der Waals surface area contributed by atoms with E-state index in [-0.39, 0.29) is 23.3 Å². The minimum atomic E-state index is -0.906. The fraction of sp³-hybridized carbons (Fsp3) is 0.455. The molecule has 152 valence electrons. The van der Waals surface area contributed by atoms with Crippen LogP contribution in [-0.4, -0.2) is 27.1 Å². The first-order chi connectivity index (χ1) is 13.2. The van der Waals surface area contributed by atoms with E-state index in [1.54, 1.807) is 36.4 Å². The molecule has 0 radical (unpaired) electrons. The van der Waals surface area contributed by atoms with Crippen LogP contribution in [0.5, 0.6) is 17.2 Å². The van der Waals surface area contributed by atoms with Crippen molar-refractivity contribution in [2.45, 2.75) is 57.3 Å². The molecule has 2 aromatic carbocycles. The zero-order chi connectivity index (χ0) is 20.3. The smallest absolute Gasteiger partial charge is 0.155 e. The summed E-state index contributed by atoms with van der Waals surface area (Å²) in [5.41, 5.74) is 13.0. The van der Waals surface area contributed by atoms with Crippen molar-refractivity contribution in [2.24, 2.45) is 11.7 Å². The number of benzene rings is 2. The van der Waals surface area contributed by atoms with Crippen molar-refractivity contribution >= 4 is 5.69 Å². The molecule has 1 aliphatic carbocycles. The minimum absolute atomic E-state index is 0.0692. The van der Waals surface area contributed by atoms with Gasteiger partial charge < -0.3 is 25.8 Å². The third-order valence-corrected chi connectivity index (χ3v) is 5.56. The Morgan fingerprint density at radius 3 is 2.32 bits per heavy atom. The van der Waals surface area contributed by atoms with Gasteiger partial charge in [-0.1, -0.05) is 12.1 Å². The molecule has 6 nitrogen and oxygen atoms in total. The van der Waals surface area contributed by atoms with Crippen LogP contribution < -0.4 is 16.2 Å². The predicted octanol–water partition coefficient (Wildman–Crippen LogP) is 3.73. The molecule has 0 saturated heterocycles. The van der Waals surface area contributed by atoms with Gasteiger partial charge in [-0.25, -0.2) is 0 Å². The molecule has 1 saturated carbocycles. The molecule has 0 bridgehead atoms. The van der Waals surface area contributed by atoms with Crippen LogP contribution in [0.2, 0.25) is 0 Å². The topological polar surface area (TPSA) is 122 Å². The molecule has 0 aliphatic heterocycles. The van der Waals surface area contributed by atoms with Crippen molar-refractivity contribution in [1.29, 1.82) is 0 Å². The fourth-order valence-corrected chi connectivity index (χ4v) is 3.78. The van der Waals surface area contributed by atoms with Crippen LogP contribution in [0.4, 0.5) is 5.69 Å². The maximum Gasteiger partial charge on any atom is 0.155 e. The zero-order valence-electron chi connectivity index (χ0n) is 16.3. The highest BCUT2D eigenvalue weighted by atomic mass is 16.5. The number of phenolic OH excluding ortho intramolecular Hbond substituents is 2. The molecule has 7 N–H and O–H groups in total. The quantitative estimate of drug-likeness (QED) is 0.293. The first kappa shape index (κ1) is 20.3. The molecule has 3 rings (SSSR count). The number of anilines is 1. The molecule has 0 aromatic heterocycles. The highest BCUT2D eigenvalue weighted by Crippen LogP contribution is 2.41. The van der Waals surface area contributed by atoms with Crippen LogP contribution in [0.15, 0.2) is 36.4 Å². The Balaban J connectivity index is 1.67. The van der Waals surface area contributed by atoms with E-state index in [0.29, 0.717) is 23.7 Å². The summed E-state index contributed by atoms with van der Waals surface area (Å²) < 4.78 is 5.94. The minimum Gasteiger partial charge on any atom is -0.508 e. The number of nitrogens with two attached hydrogens (primary N) is 2. The monoisotopic (exact) mass is 386 g/mol. The van der Waals surface area contributed by atoms with Crippen LogP contribution in [-0.2, 0) is 0 Å². The van der Waals surface area contributed by atoms with E-state index in [2.05, 4.69) is 0 Å². The Morgan fingerprint density at radius 1 is 1.04 bits per heavy atom. The summed E-state index contributed by atoms with van der Waals surface area (Å²) in [6, 6.07) is 9.95. The predicted molar refractivity (Wildman–Crippen MR) is 110 cm³/mol. The fourth-order valence-electron chi connectivity index (χ4n) is 3.78. The number of aromatic hydroxyl groups is 2.